The second kappa shape index (κ2) is 4.05. The van der Waals surface area contributed by atoms with Crippen LogP contribution in [0, 0.1) is 0 Å². The molecule has 0 aliphatic carbocycles. The summed E-state index contributed by atoms with van der Waals surface area (Å²) in [5, 5.41) is 9.44. The van der Waals surface area contributed by atoms with Gasteiger partial charge in [-0.3, -0.25) is 0 Å². The summed E-state index contributed by atoms with van der Waals surface area (Å²) in [7, 11) is -3.71. The fourth-order valence-electron chi connectivity index (χ4n) is 2.81. The SMILES string of the molecule is CC1(C(=O)O)CCCN1C1=NS(=O)(=O)c2ccccc21. The van der Waals surface area contributed by atoms with Gasteiger partial charge in [-0.15, -0.1) is 4.40 Å². The Balaban J connectivity index is 2.15. The van der Waals surface area contributed by atoms with Crippen LogP contribution in [0.5, 0.6) is 0 Å². The standard InChI is InChI=1S/C13H14N2O4S/c1-13(12(16)17)7-4-8-15(13)11-9-5-2-3-6-10(9)20(18,19)14-11/h2-3,5-6H,4,7-8H2,1H3,(H,16,17). The number of amidine groups is 1. The van der Waals surface area contributed by atoms with Gasteiger partial charge in [0.2, 0.25) is 0 Å². The third kappa shape index (κ3) is 1.66. The van der Waals surface area contributed by atoms with Crippen LogP contribution in [0.25, 0.3) is 0 Å². The number of nitrogens with zero attached hydrogens (tertiary/aromatic N) is 2. The summed E-state index contributed by atoms with van der Waals surface area (Å²) in [6.07, 6.45) is 1.17. The Bertz CT molecular complexity index is 726. The number of fused-ring (bicyclic) bond motifs is 1. The van der Waals surface area contributed by atoms with Crippen molar-refractivity contribution in [3.63, 3.8) is 0 Å². The predicted octanol–water partition coefficient (Wildman–Crippen LogP) is 1.07. The summed E-state index contributed by atoms with van der Waals surface area (Å²) in [5.41, 5.74) is -0.618. The van der Waals surface area contributed by atoms with Crippen molar-refractivity contribution in [2.75, 3.05) is 6.54 Å². The second-order valence-corrected chi connectivity index (χ2v) is 6.79. The Morgan fingerprint density at radius 2 is 2.10 bits per heavy atom. The van der Waals surface area contributed by atoms with E-state index in [-0.39, 0.29) is 10.7 Å². The van der Waals surface area contributed by atoms with Crippen molar-refractivity contribution < 1.29 is 18.3 Å². The van der Waals surface area contributed by atoms with E-state index in [9.17, 15) is 18.3 Å². The molecule has 2 aliphatic rings. The fraction of sp³-hybridized carbons (Fsp3) is 0.385. The Kier molecular flexibility index (Phi) is 2.66. The van der Waals surface area contributed by atoms with Crippen LogP contribution in [0.4, 0.5) is 0 Å². The molecule has 1 N–H and O–H groups in total. The maximum absolute atomic E-state index is 12.0. The highest BCUT2D eigenvalue weighted by atomic mass is 32.2. The molecule has 1 unspecified atom stereocenters. The van der Waals surface area contributed by atoms with Gasteiger partial charge in [-0.2, -0.15) is 8.42 Å². The summed E-state index contributed by atoms with van der Waals surface area (Å²) >= 11 is 0. The average Bonchev–Trinajstić information content (AvgIpc) is 2.90. The molecule has 0 saturated carbocycles. The molecule has 0 spiro atoms. The van der Waals surface area contributed by atoms with Crippen molar-refractivity contribution in [3.8, 4) is 0 Å². The third-order valence-corrected chi connectivity index (χ3v) is 5.30. The molecule has 1 aromatic rings. The predicted molar refractivity (Wildman–Crippen MR) is 72.1 cm³/mol. The van der Waals surface area contributed by atoms with Gasteiger partial charge in [0, 0.05) is 12.1 Å². The summed E-state index contributed by atoms with van der Waals surface area (Å²) in [6.45, 7) is 2.10. The van der Waals surface area contributed by atoms with Gasteiger partial charge >= 0.3 is 5.97 Å². The topological polar surface area (TPSA) is 87.0 Å². The van der Waals surface area contributed by atoms with Gasteiger partial charge in [0.05, 0.1) is 0 Å². The van der Waals surface area contributed by atoms with Crippen LogP contribution in [-0.4, -0.2) is 42.3 Å². The lowest BCUT2D eigenvalue weighted by molar-refractivity contribution is -0.146. The number of carboxylic acids is 1. The summed E-state index contributed by atoms with van der Waals surface area (Å²) in [4.78, 5) is 13.3. The maximum Gasteiger partial charge on any atom is 0.329 e. The van der Waals surface area contributed by atoms with E-state index in [1.54, 1.807) is 30.0 Å². The molecule has 0 amide bonds. The number of carbonyl (C=O) groups is 1. The largest absolute Gasteiger partial charge is 0.480 e. The zero-order valence-corrected chi connectivity index (χ0v) is 11.7. The van der Waals surface area contributed by atoms with Gasteiger partial charge in [-0.1, -0.05) is 12.1 Å². The number of rotatable bonds is 1. The van der Waals surface area contributed by atoms with Gasteiger partial charge in [-0.25, -0.2) is 4.79 Å². The van der Waals surface area contributed by atoms with Crippen LogP contribution in [-0.2, 0) is 14.8 Å². The molecule has 1 atom stereocenters. The summed E-state index contributed by atoms with van der Waals surface area (Å²) < 4.78 is 27.9. The number of benzene rings is 1. The lowest BCUT2D eigenvalue weighted by atomic mass is 9.98. The number of hydrogen-bond acceptors (Lipinski definition) is 4. The highest BCUT2D eigenvalue weighted by molar-refractivity contribution is 7.90. The number of hydrogen-bond donors (Lipinski definition) is 1. The molecule has 3 rings (SSSR count). The minimum Gasteiger partial charge on any atom is -0.480 e. The molecule has 1 aromatic carbocycles. The average molecular weight is 294 g/mol. The Hall–Kier alpha value is -1.89. The summed E-state index contributed by atoms with van der Waals surface area (Å²) in [6, 6.07) is 6.52. The van der Waals surface area contributed by atoms with Crippen molar-refractivity contribution in [1.82, 2.24) is 4.90 Å². The lowest BCUT2D eigenvalue weighted by Crippen LogP contribution is -2.50. The smallest absolute Gasteiger partial charge is 0.329 e. The normalized spacial score (nSPS) is 27.2. The van der Waals surface area contributed by atoms with Crippen molar-refractivity contribution >= 4 is 21.8 Å². The zero-order valence-electron chi connectivity index (χ0n) is 10.9. The molecule has 0 aromatic heterocycles. The van der Waals surface area contributed by atoms with Crippen LogP contribution in [0.3, 0.4) is 0 Å². The highest BCUT2D eigenvalue weighted by Crippen LogP contribution is 2.35. The van der Waals surface area contributed by atoms with E-state index in [0.29, 0.717) is 24.9 Å². The molecular weight excluding hydrogens is 280 g/mol. The van der Waals surface area contributed by atoms with E-state index in [0.717, 1.165) is 0 Å². The van der Waals surface area contributed by atoms with E-state index in [2.05, 4.69) is 4.40 Å². The summed E-state index contributed by atoms with van der Waals surface area (Å²) in [5.74, 6) is -0.706. The van der Waals surface area contributed by atoms with Gasteiger partial charge in [0.15, 0.2) is 5.84 Å². The second-order valence-electron chi connectivity index (χ2n) is 5.22. The first kappa shape index (κ1) is 13.1. The molecule has 20 heavy (non-hydrogen) atoms. The molecule has 6 nitrogen and oxygen atoms in total. The minimum absolute atomic E-state index is 0.148. The number of carboxylic acid groups (broad SMARTS) is 1. The van der Waals surface area contributed by atoms with Crippen molar-refractivity contribution in [2.24, 2.45) is 4.40 Å². The molecule has 2 aliphatic heterocycles. The number of sulfonamides is 1. The monoisotopic (exact) mass is 294 g/mol. The highest BCUT2D eigenvalue weighted by Gasteiger charge is 2.47. The third-order valence-electron chi connectivity index (χ3n) is 3.97. The lowest BCUT2D eigenvalue weighted by Gasteiger charge is -2.32. The first-order chi connectivity index (χ1) is 9.36. The van der Waals surface area contributed by atoms with Gasteiger partial charge in [0.1, 0.15) is 10.4 Å². The molecular formula is C13H14N2O4S. The van der Waals surface area contributed by atoms with Gasteiger partial charge in [0.25, 0.3) is 10.0 Å². The van der Waals surface area contributed by atoms with E-state index in [4.69, 9.17) is 0 Å². The fourth-order valence-corrected chi connectivity index (χ4v) is 4.02. The zero-order chi connectivity index (χ0) is 14.5. The van der Waals surface area contributed by atoms with Crippen LogP contribution >= 0.6 is 0 Å². The Labute approximate surface area is 116 Å². The maximum atomic E-state index is 12.0. The number of aliphatic carboxylic acids is 1. The molecule has 1 fully saturated rings. The van der Waals surface area contributed by atoms with E-state index < -0.39 is 21.5 Å². The van der Waals surface area contributed by atoms with Crippen molar-refractivity contribution in [1.29, 1.82) is 0 Å². The van der Waals surface area contributed by atoms with Crippen LogP contribution in [0.1, 0.15) is 25.3 Å². The quantitative estimate of drug-likeness (QED) is 0.837. The van der Waals surface area contributed by atoms with Gasteiger partial charge in [-0.05, 0) is 31.9 Å². The van der Waals surface area contributed by atoms with Crippen molar-refractivity contribution in [2.45, 2.75) is 30.2 Å². The van der Waals surface area contributed by atoms with Crippen LogP contribution < -0.4 is 0 Å². The van der Waals surface area contributed by atoms with Crippen molar-refractivity contribution in [3.05, 3.63) is 29.8 Å². The Morgan fingerprint density at radius 3 is 2.80 bits per heavy atom. The van der Waals surface area contributed by atoms with Crippen LogP contribution in [0.2, 0.25) is 0 Å². The molecule has 2 heterocycles. The van der Waals surface area contributed by atoms with Gasteiger partial charge < -0.3 is 10.0 Å². The minimum atomic E-state index is -3.71. The number of likely N-dealkylation sites (tertiary alicyclic amines) is 1. The van der Waals surface area contributed by atoms with E-state index >= 15 is 0 Å². The molecule has 0 bridgehead atoms. The van der Waals surface area contributed by atoms with Crippen LogP contribution in [0.15, 0.2) is 33.6 Å². The first-order valence-electron chi connectivity index (χ1n) is 6.32. The molecule has 0 radical (unpaired) electrons. The molecule has 7 heteroatoms. The first-order valence-corrected chi connectivity index (χ1v) is 7.76. The molecule has 106 valence electrons. The van der Waals surface area contributed by atoms with E-state index in [1.165, 1.54) is 6.07 Å². The van der Waals surface area contributed by atoms with E-state index in [1.807, 2.05) is 0 Å². The molecule has 1 saturated heterocycles. The Morgan fingerprint density at radius 1 is 1.40 bits per heavy atom.